The number of hydrogen-bond donors (Lipinski definition) is 0. The van der Waals surface area contributed by atoms with Gasteiger partial charge in [-0.2, -0.15) is 5.26 Å². The van der Waals surface area contributed by atoms with E-state index in [9.17, 15) is 8.78 Å². The van der Waals surface area contributed by atoms with Gasteiger partial charge in [0.15, 0.2) is 0 Å². The number of pyridine rings is 1. The predicted molar refractivity (Wildman–Crippen MR) is 106 cm³/mol. The van der Waals surface area contributed by atoms with Gasteiger partial charge < -0.3 is 4.90 Å². The first-order valence-electron chi connectivity index (χ1n) is 9.23. The Morgan fingerprint density at radius 2 is 2.04 bits per heavy atom. The molecule has 3 rings (SSSR count). The maximum atomic E-state index is 14.8. The summed E-state index contributed by atoms with van der Waals surface area (Å²) >= 11 is 1.61. The lowest BCUT2D eigenvalue weighted by Crippen LogP contribution is -2.36. The van der Waals surface area contributed by atoms with E-state index >= 15 is 0 Å². The van der Waals surface area contributed by atoms with Crippen molar-refractivity contribution in [1.29, 1.82) is 5.26 Å². The van der Waals surface area contributed by atoms with Crippen molar-refractivity contribution in [3.8, 4) is 17.3 Å². The van der Waals surface area contributed by atoms with Gasteiger partial charge in [0, 0.05) is 30.3 Å². The van der Waals surface area contributed by atoms with Crippen molar-refractivity contribution in [2.24, 2.45) is 5.92 Å². The highest BCUT2D eigenvalue weighted by atomic mass is 32.2. The van der Waals surface area contributed by atoms with Crippen molar-refractivity contribution >= 4 is 17.4 Å². The van der Waals surface area contributed by atoms with Crippen LogP contribution in [-0.4, -0.2) is 23.3 Å². The summed E-state index contributed by atoms with van der Waals surface area (Å²) in [6.45, 7) is 5.27. The van der Waals surface area contributed by atoms with Gasteiger partial charge in [-0.15, -0.1) is 11.8 Å². The molecule has 1 aliphatic rings. The van der Waals surface area contributed by atoms with Crippen molar-refractivity contribution < 1.29 is 8.78 Å². The first-order valence-corrected chi connectivity index (χ1v) is 10.1. The summed E-state index contributed by atoms with van der Waals surface area (Å²) in [4.78, 5) is 6.26. The molecule has 1 unspecified atom stereocenters. The zero-order valence-electron chi connectivity index (χ0n) is 15.6. The number of hydrogen-bond acceptors (Lipinski definition) is 4. The van der Waals surface area contributed by atoms with E-state index in [1.165, 1.54) is 12.1 Å². The highest BCUT2D eigenvalue weighted by Gasteiger charge is 2.25. The topological polar surface area (TPSA) is 39.9 Å². The molecule has 1 aliphatic heterocycles. The fourth-order valence-electron chi connectivity index (χ4n) is 3.46. The predicted octanol–water partition coefficient (Wildman–Crippen LogP) is 5.66. The number of benzene rings is 1. The van der Waals surface area contributed by atoms with E-state index in [0.29, 0.717) is 36.0 Å². The van der Waals surface area contributed by atoms with Gasteiger partial charge in [0.25, 0.3) is 0 Å². The number of nitrogens with zero attached hydrogens (tertiary/aromatic N) is 3. The van der Waals surface area contributed by atoms with Crippen LogP contribution in [0.15, 0.2) is 35.4 Å². The molecule has 1 aromatic carbocycles. The molecule has 2 aromatic rings. The minimum atomic E-state index is -0.577. The highest BCUT2D eigenvalue weighted by molar-refractivity contribution is 7.99. The number of thioether (sulfide) groups is 1. The summed E-state index contributed by atoms with van der Waals surface area (Å²) in [5, 5.41) is 10.1. The molecule has 1 aromatic heterocycles. The van der Waals surface area contributed by atoms with Gasteiger partial charge in [0.05, 0.1) is 16.8 Å². The Hall–Kier alpha value is -2.13. The summed E-state index contributed by atoms with van der Waals surface area (Å²) in [6, 6.07) is 10.4. The van der Waals surface area contributed by atoms with E-state index in [0.717, 1.165) is 17.9 Å². The van der Waals surface area contributed by atoms with E-state index in [1.54, 1.807) is 22.7 Å². The summed E-state index contributed by atoms with van der Waals surface area (Å²) in [5.41, 5.74) is 1.01. The van der Waals surface area contributed by atoms with Gasteiger partial charge in [-0.05, 0) is 43.0 Å². The number of aromatic nitrogens is 1. The second kappa shape index (κ2) is 8.71. The number of piperidine rings is 1. The van der Waals surface area contributed by atoms with Gasteiger partial charge in [-0.25, -0.2) is 13.8 Å². The van der Waals surface area contributed by atoms with Crippen LogP contribution in [0.1, 0.15) is 33.1 Å². The maximum Gasteiger partial charge on any atom is 0.150 e. The second-order valence-corrected chi connectivity index (χ2v) is 8.73. The van der Waals surface area contributed by atoms with Crippen molar-refractivity contribution in [1.82, 2.24) is 4.98 Å². The van der Waals surface area contributed by atoms with Gasteiger partial charge in [-0.1, -0.05) is 19.9 Å². The van der Waals surface area contributed by atoms with Crippen LogP contribution in [0.4, 0.5) is 14.5 Å². The van der Waals surface area contributed by atoms with Crippen LogP contribution in [0.25, 0.3) is 11.3 Å². The molecule has 2 heterocycles. The molecule has 3 nitrogen and oxygen atoms in total. The molecule has 1 atom stereocenters. The van der Waals surface area contributed by atoms with Crippen molar-refractivity contribution in [3.05, 3.63) is 42.0 Å². The molecule has 0 radical (unpaired) electrons. The zero-order chi connectivity index (χ0) is 19.4. The maximum absolute atomic E-state index is 14.8. The van der Waals surface area contributed by atoms with Crippen molar-refractivity contribution in [2.45, 2.75) is 43.4 Å². The van der Waals surface area contributed by atoms with Crippen LogP contribution in [-0.2, 0) is 0 Å². The van der Waals surface area contributed by atoms with Crippen LogP contribution < -0.4 is 4.90 Å². The first-order chi connectivity index (χ1) is 13.0. The second-order valence-electron chi connectivity index (χ2n) is 7.13. The average molecular weight is 387 g/mol. The molecule has 142 valence electrons. The Bertz CT molecular complexity index is 825. The molecule has 0 spiro atoms. The lowest BCUT2D eigenvalue weighted by molar-refractivity contribution is 0.413. The van der Waals surface area contributed by atoms with E-state index in [1.807, 2.05) is 12.1 Å². The Morgan fingerprint density at radius 3 is 2.70 bits per heavy atom. The third-order valence-corrected chi connectivity index (χ3v) is 5.55. The summed E-state index contributed by atoms with van der Waals surface area (Å²) < 4.78 is 29.7. The quantitative estimate of drug-likeness (QED) is 0.621. The van der Waals surface area contributed by atoms with Gasteiger partial charge in [0.2, 0.25) is 0 Å². The lowest BCUT2D eigenvalue weighted by atomic mass is 9.94. The fraction of sp³-hybridized carbons (Fsp3) is 0.429. The molecule has 6 heteroatoms. The fourth-order valence-corrected chi connectivity index (χ4v) is 4.25. The van der Waals surface area contributed by atoms with Crippen molar-refractivity contribution in [2.75, 3.05) is 18.0 Å². The minimum Gasteiger partial charge on any atom is -0.366 e. The molecular weight excluding hydrogens is 364 g/mol. The smallest absolute Gasteiger partial charge is 0.150 e. The van der Waals surface area contributed by atoms with Crippen LogP contribution in [0.3, 0.4) is 0 Å². The number of rotatable bonds is 5. The molecule has 0 N–H and O–H groups in total. The van der Waals surface area contributed by atoms with E-state index in [2.05, 4.69) is 24.9 Å². The largest absolute Gasteiger partial charge is 0.366 e. The normalized spacial score (nSPS) is 17.2. The standard InChI is InChI=1S/C21H23F2N3S/c1-14(2)27-20-7-3-6-19(25-20)16-11-17(22)21(18(23)12-16)26-10-4-5-15(13-26)8-9-24/h3,6-7,11-12,14-15H,4-5,8,10,13H2,1-2H3. The van der Waals surface area contributed by atoms with Crippen LogP contribution in [0.5, 0.6) is 0 Å². The number of nitriles is 1. The molecule has 0 aliphatic carbocycles. The monoisotopic (exact) mass is 387 g/mol. The first kappa shape index (κ1) is 19.6. The molecule has 1 saturated heterocycles. The molecule has 0 amide bonds. The van der Waals surface area contributed by atoms with Gasteiger partial charge in [0.1, 0.15) is 17.3 Å². The Kier molecular flexibility index (Phi) is 6.33. The molecule has 27 heavy (non-hydrogen) atoms. The third-order valence-electron chi connectivity index (χ3n) is 4.61. The highest BCUT2D eigenvalue weighted by Crippen LogP contribution is 2.33. The van der Waals surface area contributed by atoms with Gasteiger partial charge >= 0.3 is 0 Å². The molecule has 0 saturated carbocycles. The molecular formula is C21H23F2N3S. The molecule has 1 fully saturated rings. The molecule has 0 bridgehead atoms. The minimum absolute atomic E-state index is 0.00843. The number of anilines is 1. The zero-order valence-corrected chi connectivity index (χ0v) is 16.4. The van der Waals surface area contributed by atoms with Gasteiger partial charge in [-0.3, -0.25) is 0 Å². The van der Waals surface area contributed by atoms with Crippen LogP contribution in [0, 0.1) is 28.9 Å². The summed E-state index contributed by atoms with van der Waals surface area (Å²) in [7, 11) is 0. The van der Waals surface area contributed by atoms with Crippen LogP contribution in [0.2, 0.25) is 0 Å². The summed E-state index contributed by atoms with van der Waals surface area (Å²) in [5.74, 6) is -0.994. The van der Waals surface area contributed by atoms with E-state index < -0.39 is 11.6 Å². The average Bonchev–Trinajstić information content (AvgIpc) is 2.61. The van der Waals surface area contributed by atoms with E-state index in [-0.39, 0.29) is 11.6 Å². The SMILES string of the molecule is CC(C)Sc1cccc(-c2cc(F)c(N3CCCC(CC#N)C3)c(F)c2)n1. The van der Waals surface area contributed by atoms with E-state index in [4.69, 9.17) is 5.26 Å². The Labute approximate surface area is 163 Å². The lowest BCUT2D eigenvalue weighted by Gasteiger charge is -2.34. The summed E-state index contributed by atoms with van der Waals surface area (Å²) in [6.07, 6.45) is 2.18. The Balaban J connectivity index is 1.88. The third kappa shape index (κ3) is 4.78. The van der Waals surface area contributed by atoms with Crippen LogP contribution >= 0.6 is 11.8 Å². The Morgan fingerprint density at radius 1 is 1.30 bits per heavy atom. The number of halogens is 2. The van der Waals surface area contributed by atoms with Crippen molar-refractivity contribution in [3.63, 3.8) is 0 Å².